The zero-order chi connectivity index (χ0) is 13.3. The van der Waals surface area contributed by atoms with Gasteiger partial charge in [-0.25, -0.2) is 9.18 Å². The third-order valence-corrected chi connectivity index (χ3v) is 3.01. The molecule has 1 saturated heterocycles. The van der Waals surface area contributed by atoms with Gasteiger partial charge in [-0.3, -0.25) is 4.79 Å². The molecule has 0 spiro atoms. The van der Waals surface area contributed by atoms with Crippen molar-refractivity contribution in [3.63, 3.8) is 0 Å². The van der Waals surface area contributed by atoms with Gasteiger partial charge in [0.1, 0.15) is 17.4 Å². The van der Waals surface area contributed by atoms with Crippen molar-refractivity contribution in [2.45, 2.75) is 13.0 Å². The Morgan fingerprint density at radius 2 is 2.28 bits per heavy atom. The molecule has 1 aliphatic rings. The number of carboxylic acids is 1. The Bertz CT molecular complexity index is 504. The number of carboxylic acid groups (broad SMARTS) is 1. The van der Waals surface area contributed by atoms with E-state index in [1.165, 1.54) is 12.1 Å². The van der Waals surface area contributed by atoms with Crippen LogP contribution in [0.2, 0.25) is 0 Å². The van der Waals surface area contributed by atoms with Gasteiger partial charge in [-0.2, -0.15) is 0 Å². The monoisotopic (exact) mass is 252 g/mol. The molecule has 18 heavy (non-hydrogen) atoms. The van der Waals surface area contributed by atoms with E-state index in [4.69, 9.17) is 5.11 Å². The first-order valence-corrected chi connectivity index (χ1v) is 5.58. The number of halogens is 1. The maximum Gasteiger partial charge on any atom is 0.340 e. The summed E-state index contributed by atoms with van der Waals surface area (Å²) in [4.78, 5) is 24.3. The van der Waals surface area contributed by atoms with Crippen LogP contribution < -0.4 is 10.2 Å². The molecule has 0 aromatic heterocycles. The number of carbonyl (C=O) groups excluding carboxylic acids is 1. The summed E-state index contributed by atoms with van der Waals surface area (Å²) in [6.45, 7) is 2.53. The van der Waals surface area contributed by atoms with Gasteiger partial charge in [-0.1, -0.05) is 6.07 Å². The third kappa shape index (κ3) is 2.01. The quantitative estimate of drug-likeness (QED) is 0.818. The van der Waals surface area contributed by atoms with Crippen molar-refractivity contribution in [2.24, 2.45) is 0 Å². The number of rotatable bonds is 2. The topological polar surface area (TPSA) is 69.6 Å². The van der Waals surface area contributed by atoms with E-state index in [-0.39, 0.29) is 17.2 Å². The van der Waals surface area contributed by atoms with Crippen molar-refractivity contribution in [2.75, 3.05) is 18.0 Å². The van der Waals surface area contributed by atoms with Crippen LogP contribution in [0.25, 0.3) is 0 Å². The molecule has 1 unspecified atom stereocenters. The summed E-state index contributed by atoms with van der Waals surface area (Å²) in [5.74, 6) is -2.32. The van der Waals surface area contributed by atoms with Crippen molar-refractivity contribution in [1.82, 2.24) is 5.32 Å². The lowest BCUT2D eigenvalue weighted by Crippen LogP contribution is -2.54. The number of piperazine rings is 1. The average molecular weight is 252 g/mol. The Morgan fingerprint density at radius 3 is 2.94 bits per heavy atom. The zero-order valence-corrected chi connectivity index (χ0v) is 9.81. The fraction of sp³-hybridized carbons (Fsp3) is 0.333. The summed E-state index contributed by atoms with van der Waals surface area (Å²) in [5.41, 5.74) is -0.149. The molecule has 0 saturated carbocycles. The second kappa shape index (κ2) is 4.64. The van der Waals surface area contributed by atoms with Crippen LogP contribution >= 0.6 is 0 Å². The fourth-order valence-corrected chi connectivity index (χ4v) is 2.08. The predicted octanol–water partition coefficient (Wildman–Crippen LogP) is 0.849. The van der Waals surface area contributed by atoms with E-state index in [0.717, 1.165) is 6.07 Å². The van der Waals surface area contributed by atoms with Crippen molar-refractivity contribution < 1.29 is 19.1 Å². The Hall–Kier alpha value is -2.11. The summed E-state index contributed by atoms with van der Waals surface area (Å²) >= 11 is 0. The molecular weight excluding hydrogens is 239 g/mol. The molecule has 0 radical (unpaired) electrons. The molecular formula is C12H13FN2O3. The molecule has 96 valence electrons. The fourth-order valence-electron chi connectivity index (χ4n) is 2.08. The minimum Gasteiger partial charge on any atom is -0.478 e. The van der Waals surface area contributed by atoms with E-state index in [1.807, 2.05) is 0 Å². The minimum absolute atomic E-state index is 0.193. The molecule has 2 rings (SSSR count). The van der Waals surface area contributed by atoms with Gasteiger partial charge < -0.3 is 15.3 Å². The molecule has 0 aliphatic carbocycles. The summed E-state index contributed by atoms with van der Waals surface area (Å²) in [5, 5.41) is 11.7. The molecule has 1 aromatic rings. The standard InChI is InChI=1S/C12H13FN2O3/c1-7-11(16)14-5-6-15(7)9-4-2-3-8(13)10(9)12(17)18/h2-4,7H,5-6H2,1H3,(H,14,16)(H,17,18). The largest absolute Gasteiger partial charge is 0.478 e. The zero-order valence-electron chi connectivity index (χ0n) is 9.81. The van der Waals surface area contributed by atoms with Crippen LogP contribution in [0.4, 0.5) is 10.1 Å². The first-order valence-electron chi connectivity index (χ1n) is 5.58. The minimum atomic E-state index is -1.33. The molecule has 6 heteroatoms. The van der Waals surface area contributed by atoms with Crippen LogP contribution in [0, 0.1) is 5.82 Å². The van der Waals surface area contributed by atoms with E-state index in [1.54, 1.807) is 11.8 Å². The van der Waals surface area contributed by atoms with Gasteiger partial charge >= 0.3 is 5.97 Å². The number of aromatic carboxylic acids is 1. The molecule has 0 bridgehead atoms. The molecule has 1 fully saturated rings. The van der Waals surface area contributed by atoms with Crippen LogP contribution in [0.5, 0.6) is 0 Å². The molecule has 1 aliphatic heterocycles. The van der Waals surface area contributed by atoms with E-state index in [2.05, 4.69) is 5.32 Å². The third-order valence-electron chi connectivity index (χ3n) is 3.01. The van der Waals surface area contributed by atoms with Gasteiger partial charge in [0.05, 0.1) is 5.69 Å². The Labute approximate surface area is 103 Å². The van der Waals surface area contributed by atoms with Gasteiger partial charge in [-0.05, 0) is 19.1 Å². The Morgan fingerprint density at radius 1 is 1.56 bits per heavy atom. The van der Waals surface area contributed by atoms with Gasteiger partial charge in [0.25, 0.3) is 0 Å². The highest BCUT2D eigenvalue weighted by atomic mass is 19.1. The van der Waals surface area contributed by atoms with Gasteiger partial charge in [0.15, 0.2) is 0 Å². The number of carbonyl (C=O) groups is 2. The summed E-state index contributed by atoms with van der Waals surface area (Å²) < 4.78 is 13.6. The lowest BCUT2D eigenvalue weighted by atomic mass is 10.1. The lowest BCUT2D eigenvalue weighted by Gasteiger charge is -2.35. The number of anilines is 1. The van der Waals surface area contributed by atoms with Gasteiger partial charge in [0.2, 0.25) is 5.91 Å². The van der Waals surface area contributed by atoms with Crippen molar-refractivity contribution in [1.29, 1.82) is 0 Å². The lowest BCUT2D eigenvalue weighted by molar-refractivity contribution is -0.122. The number of nitrogens with zero attached hydrogens (tertiary/aromatic N) is 1. The Kier molecular flexibility index (Phi) is 3.18. The van der Waals surface area contributed by atoms with Crippen LogP contribution in [0.3, 0.4) is 0 Å². The number of nitrogens with one attached hydrogen (secondary N) is 1. The second-order valence-corrected chi connectivity index (χ2v) is 4.10. The second-order valence-electron chi connectivity index (χ2n) is 4.10. The molecule has 2 N–H and O–H groups in total. The number of hydrogen-bond acceptors (Lipinski definition) is 3. The van der Waals surface area contributed by atoms with Gasteiger partial charge in [-0.15, -0.1) is 0 Å². The van der Waals surface area contributed by atoms with Crippen molar-refractivity contribution >= 4 is 17.6 Å². The van der Waals surface area contributed by atoms with Crippen LogP contribution in [-0.2, 0) is 4.79 Å². The first-order chi connectivity index (χ1) is 8.52. The van der Waals surface area contributed by atoms with Gasteiger partial charge in [0, 0.05) is 13.1 Å². The highest BCUT2D eigenvalue weighted by Gasteiger charge is 2.29. The van der Waals surface area contributed by atoms with Crippen molar-refractivity contribution in [3.05, 3.63) is 29.6 Å². The molecule has 1 aromatic carbocycles. The summed E-state index contributed by atoms with van der Waals surface area (Å²) in [6, 6.07) is 3.54. The maximum absolute atomic E-state index is 13.6. The molecule has 1 atom stereocenters. The van der Waals surface area contributed by atoms with Crippen LogP contribution in [0.1, 0.15) is 17.3 Å². The maximum atomic E-state index is 13.6. The van der Waals surface area contributed by atoms with E-state index in [9.17, 15) is 14.0 Å². The van der Waals surface area contributed by atoms with E-state index < -0.39 is 17.8 Å². The SMILES string of the molecule is CC1C(=O)NCCN1c1cccc(F)c1C(=O)O. The molecule has 5 nitrogen and oxygen atoms in total. The summed E-state index contributed by atoms with van der Waals surface area (Å²) in [6.07, 6.45) is 0. The number of benzene rings is 1. The summed E-state index contributed by atoms with van der Waals surface area (Å²) in [7, 11) is 0. The smallest absolute Gasteiger partial charge is 0.340 e. The number of amides is 1. The molecule has 1 amide bonds. The Balaban J connectivity index is 2.47. The van der Waals surface area contributed by atoms with Crippen LogP contribution in [-0.4, -0.2) is 36.1 Å². The normalized spacial score (nSPS) is 19.6. The molecule has 1 heterocycles. The van der Waals surface area contributed by atoms with Crippen LogP contribution in [0.15, 0.2) is 18.2 Å². The predicted molar refractivity (Wildman–Crippen MR) is 63.2 cm³/mol. The first kappa shape index (κ1) is 12.3. The van der Waals surface area contributed by atoms with Crippen molar-refractivity contribution in [3.8, 4) is 0 Å². The number of hydrogen-bond donors (Lipinski definition) is 2. The van der Waals surface area contributed by atoms with E-state index in [0.29, 0.717) is 13.1 Å². The average Bonchev–Trinajstić information content (AvgIpc) is 2.32. The van der Waals surface area contributed by atoms with E-state index >= 15 is 0 Å². The highest BCUT2D eigenvalue weighted by molar-refractivity contribution is 5.96. The highest BCUT2D eigenvalue weighted by Crippen LogP contribution is 2.26.